The van der Waals surface area contributed by atoms with Crippen molar-refractivity contribution in [2.75, 3.05) is 13.1 Å². The Morgan fingerprint density at radius 3 is 2.88 bits per heavy atom. The number of ether oxygens (including phenoxy) is 1. The third-order valence-electron chi connectivity index (χ3n) is 2.71. The number of aromatic nitrogens is 1. The molecule has 1 aromatic heterocycles. The minimum Gasteiger partial charge on any atom is -0.471 e. The highest BCUT2D eigenvalue weighted by molar-refractivity contribution is 5.77. The minimum absolute atomic E-state index is 0.0982. The van der Waals surface area contributed by atoms with Gasteiger partial charge in [-0.25, -0.2) is 4.98 Å². The van der Waals surface area contributed by atoms with Gasteiger partial charge in [-0.2, -0.15) is 0 Å². The summed E-state index contributed by atoms with van der Waals surface area (Å²) in [7, 11) is 0. The summed E-state index contributed by atoms with van der Waals surface area (Å²) < 4.78 is 5.63. The van der Waals surface area contributed by atoms with Crippen LogP contribution in [0.15, 0.2) is 24.4 Å². The van der Waals surface area contributed by atoms with Crippen LogP contribution in [-0.4, -0.2) is 35.0 Å². The second-order valence-electron chi connectivity index (χ2n) is 4.80. The fourth-order valence-electron chi connectivity index (χ4n) is 1.78. The van der Waals surface area contributed by atoms with Gasteiger partial charge < -0.3 is 9.64 Å². The summed E-state index contributed by atoms with van der Waals surface area (Å²) in [6.45, 7) is 5.48. The maximum absolute atomic E-state index is 11.7. The highest BCUT2D eigenvalue weighted by Gasteiger charge is 2.32. The first-order valence-corrected chi connectivity index (χ1v) is 6.00. The molecule has 0 spiro atoms. The number of likely N-dealkylation sites (tertiary alicyclic amines) is 1. The van der Waals surface area contributed by atoms with Crippen molar-refractivity contribution < 1.29 is 9.53 Å². The summed E-state index contributed by atoms with van der Waals surface area (Å²) in [5.41, 5.74) is 0. The first-order chi connectivity index (χ1) is 8.15. The van der Waals surface area contributed by atoms with E-state index in [1.165, 1.54) is 0 Å². The average Bonchev–Trinajstić information content (AvgIpc) is 2.23. The monoisotopic (exact) mass is 234 g/mol. The summed E-state index contributed by atoms with van der Waals surface area (Å²) in [6, 6.07) is 5.58. The zero-order valence-electron chi connectivity index (χ0n) is 10.3. The first kappa shape index (κ1) is 11.9. The standard InChI is InChI=1S/C13H18N2O2/c1-10(2)7-13(16)15-8-11(9-15)17-12-5-3-4-6-14-12/h3-6,10-11H,7-9H2,1-2H3. The summed E-state index contributed by atoms with van der Waals surface area (Å²) in [5.74, 6) is 1.27. The Morgan fingerprint density at radius 1 is 1.53 bits per heavy atom. The molecule has 0 radical (unpaired) electrons. The third kappa shape index (κ3) is 3.19. The van der Waals surface area contributed by atoms with Gasteiger partial charge in [-0.3, -0.25) is 4.79 Å². The fourth-order valence-corrected chi connectivity index (χ4v) is 1.78. The summed E-state index contributed by atoms with van der Waals surface area (Å²) >= 11 is 0. The van der Waals surface area contributed by atoms with Crippen molar-refractivity contribution in [3.05, 3.63) is 24.4 Å². The van der Waals surface area contributed by atoms with Crippen LogP contribution in [0.2, 0.25) is 0 Å². The van der Waals surface area contributed by atoms with Crippen LogP contribution in [0.5, 0.6) is 5.88 Å². The van der Waals surface area contributed by atoms with Crippen LogP contribution in [0.25, 0.3) is 0 Å². The summed E-state index contributed by atoms with van der Waals surface area (Å²) in [4.78, 5) is 17.6. The highest BCUT2D eigenvalue weighted by atomic mass is 16.5. The lowest BCUT2D eigenvalue weighted by Gasteiger charge is -2.39. The van der Waals surface area contributed by atoms with Crippen LogP contribution < -0.4 is 4.74 Å². The predicted octanol–water partition coefficient (Wildman–Crippen LogP) is 1.72. The Labute approximate surface area is 102 Å². The van der Waals surface area contributed by atoms with Crippen LogP contribution in [0, 0.1) is 5.92 Å². The van der Waals surface area contributed by atoms with Crippen LogP contribution in [-0.2, 0) is 4.79 Å². The molecule has 1 saturated heterocycles. The Morgan fingerprint density at radius 2 is 2.29 bits per heavy atom. The second-order valence-corrected chi connectivity index (χ2v) is 4.80. The van der Waals surface area contributed by atoms with Gasteiger partial charge in [-0.05, 0) is 12.0 Å². The van der Waals surface area contributed by atoms with E-state index in [4.69, 9.17) is 4.74 Å². The van der Waals surface area contributed by atoms with E-state index in [0.29, 0.717) is 31.3 Å². The molecular weight excluding hydrogens is 216 g/mol. The molecule has 0 atom stereocenters. The number of carbonyl (C=O) groups is 1. The van der Waals surface area contributed by atoms with Gasteiger partial charge in [0.1, 0.15) is 6.10 Å². The molecule has 1 aliphatic rings. The lowest BCUT2D eigenvalue weighted by molar-refractivity contribution is -0.140. The van der Waals surface area contributed by atoms with E-state index in [9.17, 15) is 4.79 Å². The zero-order valence-corrected chi connectivity index (χ0v) is 10.3. The van der Waals surface area contributed by atoms with Crippen LogP contribution >= 0.6 is 0 Å². The molecule has 92 valence electrons. The van der Waals surface area contributed by atoms with Crippen molar-refractivity contribution in [2.45, 2.75) is 26.4 Å². The van der Waals surface area contributed by atoms with Gasteiger partial charge in [-0.15, -0.1) is 0 Å². The van der Waals surface area contributed by atoms with E-state index in [0.717, 1.165) is 0 Å². The Balaban J connectivity index is 1.74. The van der Waals surface area contributed by atoms with Gasteiger partial charge in [0.25, 0.3) is 0 Å². The molecule has 1 amide bonds. The van der Waals surface area contributed by atoms with E-state index in [1.807, 2.05) is 23.1 Å². The normalized spacial score (nSPS) is 15.8. The minimum atomic E-state index is 0.0982. The molecule has 4 heteroatoms. The molecule has 2 heterocycles. The molecule has 1 aliphatic heterocycles. The number of nitrogens with zero attached hydrogens (tertiary/aromatic N) is 2. The van der Waals surface area contributed by atoms with Gasteiger partial charge >= 0.3 is 0 Å². The van der Waals surface area contributed by atoms with Crippen LogP contribution in [0.3, 0.4) is 0 Å². The average molecular weight is 234 g/mol. The van der Waals surface area contributed by atoms with E-state index in [1.54, 1.807) is 6.20 Å². The largest absolute Gasteiger partial charge is 0.471 e. The lowest BCUT2D eigenvalue weighted by Crippen LogP contribution is -2.56. The van der Waals surface area contributed by atoms with Crippen molar-refractivity contribution in [1.29, 1.82) is 0 Å². The molecule has 1 fully saturated rings. The lowest BCUT2D eigenvalue weighted by atomic mass is 10.1. The number of rotatable bonds is 4. The second kappa shape index (κ2) is 5.17. The smallest absolute Gasteiger partial charge is 0.223 e. The molecule has 17 heavy (non-hydrogen) atoms. The SMILES string of the molecule is CC(C)CC(=O)N1CC(Oc2ccccn2)C1. The van der Waals surface area contributed by atoms with Crippen LogP contribution in [0.4, 0.5) is 0 Å². The Hall–Kier alpha value is -1.58. The van der Waals surface area contributed by atoms with E-state index < -0.39 is 0 Å². The quantitative estimate of drug-likeness (QED) is 0.796. The summed E-state index contributed by atoms with van der Waals surface area (Å²) in [6.07, 6.45) is 2.42. The molecular formula is C13H18N2O2. The van der Waals surface area contributed by atoms with Crippen molar-refractivity contribution in [2.24, 2.45) is 5.92 Å². The number of amides is 1. The Bertz CT molecular complexity index is 372. The van der Waals surface area contributed by atoms with Gasteiger partial charge in [0, 0.05) is 18.7 Å². The number of hydrogen-bond acceptors (Lipinski definition) is 3. The summed E-state index contributed by atoms with van der Waals surface area (Å²) in [5, 5.41) is 0. The van der Waals surface area contributed by atoms with Crippen molar-refractivity contribution >= 4 is 5.91 Å². The van der Waals surface area contributed by atoms with E-state index >= 15 is 0 Å². The van der Waals surface area contributed by atoms with Gasteiger partial charge in [0.2, 0.25) is 11.8 Å². The topological polar surface area (TPSA) is 42.4 Å². The van der Waals surface area contributed by atoms with E-state index in [-0.39, 0.29) is 12.0 Å². The maximum atomic E-state index is 11.7. The predicted molar refractivity (Wildman–Crippen MR) is 64.7 cm³/mol. The molecule has 0 unspecified atom stereocenters. The van der Waals surface area contributed by atoms with Crippen molar-refractivity contribution in [3.8, 4) is 5.88 Å². The van der Waals surface area contributed by atoms with Gasteiger partial charge in [0.05, 0.1) is 13.1 Å². The fraction of sp³-hybridized carbons (Fsp3) is 0.538. The molecule has 0 N–H and O–H groups in total. The highest BCUT2D eigenvalue weighted by Crippen LogP contribution is 2.17. The maximum Gasteiger partial charge on any atom is 0.223 e. The molecule has 0 aliphatic carbocycles. The Kier molecular flexibility index (Phi) is 3.61. The molecule has 0 aromatic carbocycles. The zero-order chi connectivity index (χ0) is 12.3. The molecule has 0 saturated carbocycles. The molecule has 1 aromatic rings. The van der Waals surface area contributed by atoms with E-state index in [2.05, 4.69) is 18.8 Å². The van der Waals surface area contributed by atoms with Crippen molar-refractivity contribution in [3.63, 3.8) is 0 Å². The third-order valence-corrected chi connectivity index (χ3v) is 2.71. The van der Waals surface area contributed by atoms with Crippen molar-refractivity contribution in [1.82, 2.24) is 9.88 Å². The van der Waals surface area contributed by atoms with Gasteiger partial charge in [0.15, 0.2) is 0 Å². The molecule has 2 rings (SSSR count). The van der Waals surface area contributed by atoms with Gasteiger partial charge in [-0.1, -0.05) is 19.9 Å². The number of carbonyl (C=O) groups excluding carboxylic acids is 1. The number of pyridine rings is 1. The number of hydrogen-bond donors (Lipinski definition) is 0. The first-order valence-electron chi connectivity index (χ1n) is 6.00. The molecule has 4 nitrogen and oxygen atoms in total. The molecule has 0 bridgehead atoms. The van der Waals surface area contributed by atoms with Crippen LogP contribution in [0.1, 0.15) is 20.3 Å².